The molecule has 3 aromatic rings. The van der Waals surface area contributed by atoms with Gasteiger partial charge in [-0.1, -0.05) is 31.2 Å². The van der Waals surface area contributed by atoms with Crippen molar-refractivity contribution in [1.82, 2.24) is 20.2 Å². The number of nitrogens with one attached hydrogen (secondary N) is 1. The van der Waals surface area contributed by atoms with E-state index in [1.165, 1.54) is 10.4 Å². The molecule has 1 N–H and O–H groups in total. The Morgan fingerprint density at radius 1 is 1.08 bits per heavy atom. The molecule has 0 spiro atoms. The van der Waals surface area contributed by atoms with Gasteiger partial charge in [-0.25, -0.2) is 0 Å². The molecule has 2 aromatic carbocycles. The molecule has 0 bridgehead atoms. The lowest BCUT2D eigenvalue weighted by Crippen LogP contribution is -2.20. The lowest BCUT2D eigenvalue weighted by Gasteiger charge is -2.06. The Labute approximate surface area is 152 Å². The zero-order chi connectivity index (χ0) is 18.4. The van der Waals surface area contributed by atoms with Crippen LogP contribution in [0, 0.1) is 0 Å². The summed E-state index contributed by atoms with van der Waals surface area (Å²) < 4.78 is 5.38. The first-order chi connectivity index (χ1) is 12.7. The predicted molar refractivity (Wildman–Crippen MR) is 98.9 cm³/mol. The van der Waals surface area contributed by atoms with Gasteiger partial charge in [-0.15, -0.1) is 10.2 Å². The van der Waals surface area contributed by atoms with Gasteiger partial charge in [0, 0.05) is 11.3 Å². The second-order valence-electron chi connectivity index (χ2n) is 5.70. The Bertz CT molecular complexity index is 856. The molecule has 0 unspecified atom stereocenters. The van der Waals surface area contributed by atoms with Gasteiger partial charge in [0.1, 0.15) is 12.3 Å². The largest absolute Gasteiger partial charge is 0.494 e. The first kappa shape index (κ1) is 17.6. The van der Waals surface area contributed by atoms with E-state index in [1.54, 1.807) is 12.1 Å². The molecule has 26 heavy (non-hydrogen) atoms. The fourth-order valence-corrected chi connectivity index (χ4v) is 2.45. The molecule has 0 saturated carbocycles. The third kappa shape index (κ3) is 4.44. The number of nitrogens with zero attached hydrogens (tertiary/aromatic N) is 4. The van der Waals surface area contributed by atoms with Crippen molar-refractivity contribution in [2.75, 3.05) is 11.9 Å². The molecule has 1 heterocycles. The standard InChI is InChI=1S/C19H21N5O2/c1-3-14-5-7-15(8-6-14)19-21-23-24(22-19)13-18(25)20-16-9-11-17(12-10-16)26-4-2/h5-12H,3-4,13H2,1-2H3,(H,20,25). The van der Waals surface area contributed by atoms with Crippen LogP contribution in [0.15, 0.2) is 48.5 Å². The van der Waals surface area contributed by atoms with Crippen LogP contribution >= 0.6 is 0 Å². The molecule has 7 heteroatoms. The van der Waals surface area contributed by atoms with Gasteiger partial charge in [0.2, 0.25) is 11.7 Å². The average Bonchev–Trinajstić information content (AvgIpc) is 3.12. The van der Waals surface area contributed by atoms with Crippen LogP contribution < -0.4 is 10.1 Å². The average molecular weight is 351 g/mol. The zero-order valence-corrected chi connectivity index (χ0v) is 14.8. The van der Waals surface area contributed by atoms with Gasteiger partial charge in [0.25, 0.3) is 0 Å². The van der Waals surface area contributed by atoms with E-state index < -0.39 is 0 Å². The van der Waals surface area contributed by atoms with Gasteiger partial charge >= 0.3 is 0 Å². The van der Waals surface area contributed by atoms with Crippen LogP contribution in [0.3, 0.4) is 0 Å². The molecule has 0 aliphatic carbocycles. The number of hydrogen-bond donors (Lipinski definition) is 1. The van der Waals surface area contributed by atoms with Crippen molar-refractivity contribution in [3.8, 4) is 17.1 Å². The van der Waals surface area contributed by atoms with Crippen LogP contribution in [0.5, 0.6) is 5.75 Å². The van der Waals surface area contributed by atoms with Gasteiger partial charge < -0.3 is 10.1 Å². The summed E-state index contributed by atoms with van der Waals surface area (Å²) in [5, 5.41) is 15.0. The Hall–Kier alpha value is -3.22. The van der Waals surface area contributed by atoms with Crippen LogP contribution in [0.25, 0.3) is 11.4 Å². The van der Waals surface area contributed by atoms with Crippen molar-refractivity contribution in [2.45, 2.75) is 26.8 Å². The molecular formula is C19H21N5O2. The van der Waals surface area contributed by atoms with E-state index in [1.807, 2.05) is 43.3 Å². The highest BCUT2D eigenvalue weighted by Crippen LogP contribution is 2.16. The van der Waals surface area contributed by atoms with Crippen molar-refractivity contribution >= 4 is 11.6 Å². The lowest BCUT2D eigenvalue weighted by molar-refractivity contribution is -0.117. The van der Waals surface area contributed by atoms with E-state index in [4.69, 9.17) is 4.74 Å². The zero-order valence-electron chi connectivity index (χ0n) is 14.8. The highest BCUT2D eigenvalue weighted by atomic mass is 16.5. The quantitative estimate of drug-likeness (QED) is 0.708. The smallest absolute Gasteiger partial charge is 0.248 e. The minimum atomic E-state index is -0.223. The molecular weight excluding hydrogens is 330 g/mol. The van der Waals surface area contributed by atoms with Crippen LogP contribution in [0.1, 0.15) is 19.4 Å². The van der Waals surface area contributed by atoms with E-state index in [0.717, 1.165) is 17.7 Å². The SMILES string of the molecule is CCOc1ccc(NC(=O)Cn2nnc(-c3ccc(CC)cc3)n2)cc1. The summed E-state index contributed by atoms with van der Waals surface area (Å²) in [6.07, 6.45) is 0.978. The maximum Gasteiger partial charge on any atom is 0.248 e. The number of amides is 1. The summed E-state index contributed by atoms with van der Waals surface area (Å²) in [5.41, 5.74) is 2.81. The molecule has 3 rings (SSSR count). The Morgan fingerprint density at radius 2 is 1.81 bits per heavy atom. The molecule has 1 amide bonds. The van der Waals surface area contributed by atoms with Gasteiger partial charge in [-0.05, 0) is 48.4 Å². The number of anilines is 1. The molecule has 7 nitrogen and oxygen atoms in total. The van der Waals surface area contributed by atoms with Crippen molar-refractivity contribution in [1.29, 1.82) is 0 Å². The number of hydrogen-bond acceptors (Lipinski definition) is 5. The van der Waals surface area contributed by atoms with Crippen molar-refractivity contribution in [2.24, 2.45) is 0 Å². The predicted octanol–water partition coefficient (Wildman–Crippen LogP) is 2.94. The molecule has 0 atom stereocenters. The van der Waals surface area contributed by atoms with Crippen LogP contribution in [-0.2, 0) is 17.8 Å². The first-order valence-electron chi connectivity index (χ1n) is 8.57. The van der Waals surface area contributed by atoms with Gasteiger partial charge in [0.15, 0.2) is 0 Å². The Morgan fingerprint density at radius 3 is 2.46 bits per heavy atom. The number of aryl methyl sites for hydroxylation is 1. The van der Waals surface area contributed by atoms with Gasteiger partial charge in [-0.2, -0.15) is 4.80 Å². The number of aromatic nitrogens is 4. The summed E-state index contributed by atoms with van der Waals surface area (Å²) in [7, 11) is 0. The van der Waals surface area contributed by atoms with Crippen LogP contribution in [0.2, 0.25) is 0 Å². The molecule has 0 radical (unpaired) electrons. The molecule has 0 aliphatic heterocycles. The maximum atomic E-state index is 12.2. The normalized spacial score (nSPS) is 10.5. The van der Waals surface area contributed by atoms with E-state index in [9.17, 15) is 4.79 Å². The molecule has 0 aliphatic rings. The third-order valence-corrected chi connectivity index (χ3v) is 3.81. The van der Waals surface area contributed by atoms with Crippen molar-refractivity contribution in [3.63, 3.8) is 0 Å². The summed E-state index contributed by atoms with van der Waals surface area (Å²) in [6.45, 7) is 4.63. The first-order valence-corrected chi connectivity index (χ1v) is 8.57. The summed E-state index contributed by atoms with van der Waals surface area (Å²) in [5.74, 6) is 1.04. The highest BCUT2D eigenvalue weighted by molar-refractivity contribution is 5.90. The highest BCUT2D eigenvalue weighted by Gasteiger charge is 2.10. The second-order valence-corrected chi connectivity index (χ2v) is 5.70. The van der Waals surface area contributed by atoms with Crippen LogP contribution in [0.4, 0.5) is 5.69 Å². The number of carbonyl (C=O) groups excluding carboxylic acids is 1. The van der Waals surface area contributed by atoms with E-state index in [2.05, 4.69) is 27.7 Å². The van der Waals surface area contributed by atoms with E-state index in [-0.39, 0.29) is 12.5 Å². The molecule has 1 aromatic heterocycles. The molecule has 0 saturated heterocycles. The lowest BCUT2D eigenvalue weighted by atomic mass is 10.1. The number of carbonyl (C=O) groups is 1. The monoisotopic (exact) mass is 351 g/mol. The minimum absolute atomic E-state index is 0.00669. The second kappa shape index (κ2) is 8.24. The Balaban J connectivity index is 1.60. The fourth-order valence-electron chi connectivity index (χ4n) is 2.45. The number of ether oxygens (including phenoxy) is 1. The van der Waals surface area contributed by atoms with E-state index >= 15 is 0 Å². The van der Waals surface area contributed by atoms with Crippen molar-refractivity contribution < 1.29 is 9.53 Å². The van der Waals surface area contributed by atoms with Gasteiger partial charge in [0.05, 0.1) is 6.61 Å². The minimum Gasteiger partial charge on any atom is -0.494 e. The Kier molecular flexibility index (Phi) is 5.58. The third-order valence-electron chi connectivity index (χ3n) is 3.81. The number of tetrazole rings is 1. The van der Waals surface area contributed by atoms with Crippen molar-refractivity contribution in [3.05, 3.63) is 54.1 Å². The summed E-state index contributed by atoms with van der Waals surface area (Å²) >= 11 is 0. The fraction of sp³-hybridized carbons (Fsp3) is 0.263. The van der Waals surface area contributed by atoms with Gasteiger partial charge in [-0.3, -0.25) is 4.79 Å². The van der Waals surface area contributed by atoms with E-state index in [0.29, 0.717) is 18.1 Å². The maximum absolute atomic E-state index is 12.2. The number of benzene rings is 2. The summed E-state index contributed by atoms with van der Waals surface area (Å²) in [6, 6.07) is 15.2. The summed E-state index contributed by atoms with van der Waals surface area (Å²) in [4.78, 5) is 13.4. The molecule has 0 fully saturated rings. The molecule has 134 valence electrons. The number of rotatable bonds is 7. The topological polar surface area (TPSA) is 81.9 Å². The van der Waals surface area contributed by atoms with Crippen LogP contribution in [-0.4, -0.2) is 32.7 Å².